The highest BCUT2D eigenvalue weighted by molar-refractivity contribution is 5.95. The van der Waals surface area contributed by atoms with E-state index in [0.717, 1.165) is 5.56 Å². The van der Waals surface area contributed by atoms with Crippen molar-refractivity contribution in [2.75, 3.05) is 37.7 Å². The topological polar surface area (TPSA) is 84.7 Å². The average Bonchev–Trinajstić information content (AvgIpc) is 2.69. The number of ether oxygens (including phenoxy) is 1. The molecule has 2 aromatic rings. The van der Waals surface area contributed by atoms with Gasteiger partial charge in [-0.25, -0.2) is 4.39 Å². The molecule has 1 fully saturated rings. The summed E-state index contributed by atoms with van der Waals surface area (Å²) < 4.78 is 18.2. The maximum atomic E-state index is 12.9. The Hall–Kier alpha value is -3.00. The number of amides is 1. The maximum absolute atomic E-state index is 12.9. The molecular formula is C19H20FN3O4. The van der Waals surface area contributed by atoms with Crippen LogP contribution in [0.2, 0.25) is 0 Å². The first-order chi connectivity index (χ1) is 13.0. The van der Waals surface area contributed by atoms with E-state index in [0.29, 0.717) is 45.0 Å². The number of benzene rings is 2. The number of nitrogens with zero attached hydrogens (tertiary/aromatic N) is 2. The van der Waals surface area contributed by atoms with Gasteiger partial charge in [0.25, 0.3) is 11.6 Å². The second-order valence-corrected chi connectivity index (χ2v) is 6.19. The zero-order valence-corrected chi connectivity index (χ0v) is 14.7. The van der Waals surface area contributed by atoms with Crippen molar-refractivity contribution in [2.24, 2.45) is 0 Å². The number of carbonyl (C=O) groups excluding carboxylic acids is 1. The second kappa shape index (κ2) is 8.59. The number of nitrogens with one attached hydrogen (secondary N) is 1. The minimum absolute atomic E-state index is 0.0944. The second-order valence-electron chi connectivity index (χ2n) is 6.19. The Morgan fingerprint density at radius 3 is 2.56 bits per heavy atom. The molecule has 0 atom stereocenters. The SMILES string of the molecule is O=C(NCCc1ccc(F)cc1)c1ccc(N2CCOCC2)c([N+](=O)[O-])c1. The summed E-state index contributed by atoms with van der Waals surface area (Å²) >= 11 is 0. The van der Waals surface area contributed by atoms with Crippen LogP contribution in [0.25, 0.3) is 0 Å². The molecule has 8 heteroatoms. The van der Waals surface area contributed by atoms with Gasteiger partial charge in [-0.2, -0.15) is 0 Å². The smallest absolute Gasteiger partial charge is 0.293 e. The van der Waals surface area contributed by atoms with E-state index in [1.165, 1.54) is 18.2 Å². The number of rotatable bonds is 6. The first-order valence-electron chi connectivity index (χ1n) is 8.68. The van der Waals surface area contributed by atoms with Crippen molar-refractivity contribution in [1.29, 1.82) is 0 Å². The van der Waals surface area contributed by atoms with Crippen LogP contribution in [0.15, 0.2) is 42.5 Å². The van der Waals surface area contributed by atoms with E-state index >= 15 is 0 Å². The van der Waals surface area contributed by atoms with Gasteiger partial charge in [0.1, 0.15) is 11.5 Å². The summed E-state index contributed by atoms with van der Waals surface area (Å²) in [6.07, 6.45) is 0.542. The molecule has 0 spiro atoms. The first-order valence-corrected chi connectivity index (χ1v) is 8.68. The Balaban J connectivity index is 1.66. The van der Waals surface area contributed by atoms with Crippen LogP contribution in [0.1, 0.15) is 15.9 Å². The maximum Gasteiger partial charge on any atom is 0.293 e. The predicted molar refractivity (Wildman–Crippen MR) is 98.6 cm³/mol. The lowest BCUT2D eigenvalue weighted by atomic mass is 10.1. The number of hydrogen-bond donors (Lipinski definition) is 1. The Kier molecular flexibility index (Phi) is 5.97. The Bertz CT molecular complexity index is 820. The molecule has 0 aliphatic carbocycles. The third kappa shape index (κ3) is 4.79. The lowest BCUT2D eigenvalue weighted by Crippen LogP contribution is -2.36. The van der Waals surface area contributed by atoms with Crippen LogP contribution in [-0.4, -0.2) is 43.7 Å². The quantitative estimate of drug-likeness (QED) is 0.621. The minimum atomic E-state index is -0.472. The van der Waals surface area contributed by atoms with E-state index in [-0.39, 0.29) is 23.0 Å². The first kappa shape index (κ1) is 18.8. The molecule has 0 unspecified atom stereocenters. The van der Waals surface area contributed by atoms with Crippen LogP contribution in [-0.2, 0) is 11.2 Å². The van der Waals surface area contributed by atoms with Crippen LogP contribution >= 0.6 is 0 Å². The third-order valence-electron chi connectivity index (χ3n) is 4.40. The van der Waals surface area contributed by atoms with Crippen molar-refractivity contribution in [3.05, 3.63) is 69.5 Å². The number of nitro benzene ring substituents is 1. The van der Waals surface area contributed by atoms with E-state index in [2.05, 4.69) is 5.32 Å². The zero-order chi connectivity index (χ0) is 19.2. The van der Waals surface area contributed by atoms with E-state index in [4.69, 9.17) is 4.74 Å². The average molecular weight is 373 g/mol. The van der Waals surface area contributed by atoms with Gasteiger partial charge < -0.3 is 15.0 Å². The fraction of sp³-hybridized carbons (Fsp3) is 0.316. The number of morpholine rings is 1. The molecule has 1 N–H and O–H groups in total. The molecule has 1 heterocycles. The number of hydrogen-bond acceptors (Lipinski definition) is 5. The normalized spacial score (nSPS) is 14.0. The number of nitro groups is 1. The molecule has 3 rings (SSSR count). The summed E-state index contributed by atoms with van der Waals surface area (Å²) in [5.41, 5.74) is 1.53. The molecule has 1 aliphatic rings. The van der Waals surface area contributed by atoms with Crippen molar-refractivity contribution in [3.63, 3.8) is 0 Å². The Morgan fingerprint density at radius 1 is 1.19 bits per heavy atom. The molecule has 1 amide bonds. The van der Waals surface area contributed by atoms with E-state index in [1.54, 1.807) is 24.3 Å². The molecule has 1 saturated heterocycles. The Labute approximate surface area is 155 Å². The summed E-state index contributed by atoms with van der Waals surface area (Å²) in [6, 6.07) is 10.5. The highest BCUT2D eigenvalue weighted by Crippen LogP contribution is 2.29. The largest absolute Gasteiger partial charge is 0.378 e. The highest BCUT2D eigenvalue weighted by Gasteiger charge is 2.23. The van der Waals surface area contributed by atoms with E-state index < -0.39 is 4.92 Å². The fourth-order valence-corrected chi connectivity index (χ4v) is 2.96. The molecule has 0 aromatic heterocycles. The van der Waals surface area contributed by atoms with E-state index in [9.17, 15) is 19.3 Å². The lowest BCUT2D eigenvalue weighted by molar-refractivity contribution is -0.384. The molecule has 1 aliphatic heterocycles. The molecular weight excluding hydrogens is 353 g/mol. The minimum Gasteiger partial charge on any atom is -0.378 e. The number of anilines is 1. The lowest BCUT2D eigenvalue weighted by Gasteiger charge is -2.28. The third-order valence-corrected chi connectivity index (χ3v) is 4.40. The summed E-state index contributed by atoms with van der Waals surface area (Å²) in [4.78, 5) is 25.2. The number of halogens is 1. The summed E-state index contributed by atoms with van der Waals surface area (Å²) in [7, 11) is 0. The Morgan fingerprint density at radius 2 is 1.89 bits per heavy atom. The molecule has 2 aromatic carbocycles. The van der Waals surface area contributed by atoms with Crippen LogP contribution in [0.5, 0.6) is 0 Å². The fourth-order valence-electron chi connectivity index (χ4n) is 2.96. The van der Waals surface area contributed by atoms with Crippen molar-refractivity contribution in [2.45, 2.75) is 6.42 Å². The number of carbonyl (C=O) groups is 1. The van der Waals surface area contributed by atoms with Gasteiger partial charge in [0, 0.05) is 31.3 Å². The predicted octanol–water partition coefficient (Wildman–Crippen LogP) is 2.54. The molecule has 7 nitrogen and oxygen atoms in total. The van der Waals surface area contributed by atoms with Crippen molar-refractivity contribution in [1.82, 2.24) is 5.32 Å². The molecule has 142 valence electrons. The highest BCUT2D eigenvalue weighted by atomic mass is 19.1. The van der Waals surface area contributed by atoms with Gasteiger partial charge in [-0.05, 0) is 36.2 Å². The van der Waals surface area contributed by atoms with E-state index in [1.807, 2.05) is 4.90 Å². The van der Waals surface area contributed by atoms with Gasteiger partial charge in [-0.3, -0.25) is 14.9 Å². The van der Waals surface area contributed by atoms with Crippen LogP contribution < -0.4 is 10.2 Å². The summed E-state index contributed by atoms with van der Waals surface area (Å²) in [5.74, 6) is -0.691. The van der Waals surface area contributed by atoms with Gasteiger partial charge in [-0.1, -0.05) is 12.1 Å². The van der Waals surface area contributed by atoms with Gasteiger partial charge in [0.2, 0.25) is 0 Å². The molecule has 0 saturated carbocycles. The monoisotopic (exact) mass is 373 g/mol. The van der Waals surface area contributed by atoms with Crippen molar-refractivity contribution in [3.8, 4) is 0 Å². The van der Waals surface area contributed by atoms with Gasteiger partial charge in [-0.15, -0.1) is 0 Å². The molecule has 0 radical (unpaired) electrons. The van der Waals surface area contributed by atoms with Crippen LogP contribution in [0, 0.1) is 15.9 Å². The summed E-state index contributed by atoms with van der Waals surface area (Å²) in [6.45, 7) is 2.53. The van der Waals surface area contributed by atoms with Gasteiger partial charge >= 0.3 is 0 Å². The van der Waals surface area contributed by atoms with Crippen molar-refractivity contribution >= 4 is 17.3 Å². The summed E-state index contributed by atoms with van der Waals surface area (Å²) in [5, 5.41) is 14.2. The molecule has 27 heavy (non-hydrogen) atoms. The van der Waals surface area contributed by atoms with Gasteiger partial charge in [0.05, 0.1) is 18.1 Å². The van der Waals surface area contributed by atoms with Crippen LogP contribution in [0.3, 0.4) is 0 Å². The van der Waals surface area contributed by atoms with Crippen LogP contribution in [0.4, 0.5) is 15.8 Å². The standard InChI is InChI=1S/C19H20FN3O4/c20-16-4-1-14(2-5-16)7-8-21-19(24)15-3-6-17(18(13-15)23(25)26)22-9-11-27-12-10-22/h1-6,13H,7-12H2,(H,21,24). The van der Waals surface area contributed by atoms with Gasteiger partial charge in [0.15, 0.2) is 0 Å². The van der Waals surface area contributed by atoms with Crippen molar-refractivity contribution < 1.29 is 18.8 Å². The zero-order valence-electron chi connectivity index (χ0n) is 14.7. The molecule has 0 bridgehead atoms.